The molecule has 5 heterocycles. The van der Waals surface area contributed by atoms with E-state index >= 15 is 4.39 Å². The van der Waals surface area contributed by atoms with Gasteiger partial charge in [-0.25, -0.2) is 28.5 Å². The minimum atomic E-state index is -5.19. The lowest BCUT2D eigenvalue weighted by Gasteiger charge is -2.23. The lowest BCUT2D eigenvalue weighted by atomic mass is 10.1. The molecule has 41 heavy (non-hydrogen) atoms. The van der Waals surface area contributed by atoms with E-state index in [9.17, 15) is 31.1 Å². The van der Waals surface area contributed by atoms with E-state index in [4.69, 9.17) is 0 Å². The number of pyridine rings is 1. The Bertz CT molecular complexity index is 1840. The third-order valence-corrected chi connectivity index (χ3v) is 6.93. The van der Waals surface area contributed by atoms with Gasteiger partial charge in [0.2, 0.25) is 0 Å². The zero-order valence-corrected chi connectivity index (χ0v) is 21.2. The molecule has 1 N–H and O–H groups in total. The second kappa shape index (κ2) is 9.02. The van der Waals surface area contributed by atoms with Gasteiger partial charge in [-0.2, -0.15) is 31.4 Å². The third kappa shape index (κ3) is 4.29. The summed E-state index contributed by atoms with van der Waals surface area (Å²) in [5.74, 6) is -1.08. The number of aryl methyl sites for hydroxylation is 1. The molecule has 16 heteroatoms. The Balaban J connectivity index is 1.60. The molecule has 1 aliphatic rings. The first-order valence-electron chi connectivity index (χ1n) is 12.2. The van der Waals surface area contributed by atoms with E-state index in [1.165, 1.54) is 29.3 Å². The Kier molecular flexibility index (Phi) is 5.88. The van der Waals surface area contributed by atoms with Gasteiger partial charge in [0, 0.05) is 44.0 Å². The fourth-order valence-corrected chi connectivity index (χ4v) is 5.02. The molecular weight excluding hydrogens is 561 g/mol. The summed E-state index contributed by atoms with van der Waals surface area (Å²) in [7, 11) is 1.62. The van der Waals surface area contributed by atoms with Gasteiger partial charge in [0.05, 0.1) is 34.2 Å². The largest absolute Gasteiger partial charge is 0.433 e. The van der Waals surface area contributed by atoms with Crippen LogP contribution in [0.25, 0.3) is 28.0 Å². The van der Waals surface area contributed by atoms with Crippen LogP contribution in [0.4, 0.5) is 30.7 Å². The number of fused-ring (bicyclic) bond motifs is 2. The summed E-state index contributed by atoms with van der Waals surface area (Å²) < 4.78 is 102. The maximum absolute atomic E-state index is 15.4. The van der Waals surface area contributed by atoms with Crippen LogP contribution in [0.3, 0.4) is 0 Å². The normalized spacial score (nSPS) is 16.0. The van der Waals surface area contributed by atoms with Gasteiger partial charge in [-0.1, -0.05) is 0 Å². The first kappa shape index (κ1) is 26.7. The quantitative estimate of drug-likeness (QED) is 0.318. The van der Waals surface area contributed by atoms with Gasteiger partial charge in [-0.3, -0.25) is 9.25 Å². The summed E-state index contributed by atoms with van der Waals surface area (Å²) in [6.45, 7) is 2.15. The van der Waals surface area contributed by atoms with Crippen molar-refractivity contribution >= 4 is 10.9 Å². The van der Waals surface area contributed by atoms with Crippen molar-refractivity contribution in [3.63, 3.8) is 0 Å². The maximum atomic E-state index is 15.4. The van der Waals surface area contributed by atoms with Crippen molar-refractivity contribution in [3.8, 4) is 17.1 Å². The summed E-state index contributed by atoms with van der Waals surface area (Å²) in [4.78, 5) is 20.8. The van der Waals surface area contributed by atoms with Crippen molar-refractivity contribution in [3.05, 3.63) is 81.9 Å². The number of aromatic nitrogens is 7. The number of halogens is 7. The predicted octanol–water partition coefficient (Wildman–Crippen LogP) is 4.48. The molecule has 1 atom stereocenters. The molecule has 6 rings (SSSR count). The molecule has 0 unspecified atom stereocenters. The van der Waals surface area contributed by atoms with Gasteiger partial charge in [0.25, 0.3) is 0 Å². The van der Waals surface area contributed by atoms with Crippen LogP contribution >= 0.6 is 0 Å². The van der Waals surface area contributed by atoms with E-state index in [1.807, 2.05) is 0 Å². The Hall–Kier alpha value is -4.47. The molecule has 214 valence electrons. The Morgan fingerprint density at radius 3 is 2.34 bits per heavy atom. The average molecular weight is 580 g/mol. The minimum Gasteiger partial charge on any atom is -0.308 e. The third-order valence-electron chi connectivity index (χ3n) is 6.93. The van der Waals surface area contributed by atoms with E-state index in [2.05, 4.69) is 20.4 Å². The van der Waals surface area contributed by atoms with Gasteiger partial charge in [-0.05, 0) is 31.2 Å². The van der Waals surface area contributed by atoms with Crippen LogP contribution in [0.15, 0.2) is 47.7 Å². The fraction of sp³-hybridized carbons (Fsp3) is 0.280. The Labute approximate surface area is 225 Å². The van der Waals surface area contributed by atoms with Crippen LogP contribution in [-0.2, 0) is 25.8 Å². The molecule has 0 aliphatic carbocycles. The highest BCUT2D eigenvalue weighted by molar-refractivity contribution is 5.81. The van der Waals surface area contributed by atoms with Crippen molar-refractivity contribution in [2.75, 3.05) is 6.54 Å². The topological polar surface area (TPSA) is 87.5 Å². The number of hydrogen-bond donors (Lipinski definition) is 1. The second-order valence-corrected chi connectivity index (χ2v) is 9.52. The van der Waals surface area contributed by atoms with Crippen molar-refractivity contribution < 1.29 is 30.7 Å². The summed E-state index contributed by atoms with van der Waals surface area (Å²) in [5.41, 5.74) is -3.84. The summed E-state index contributed by atoms with van der Waals surface area (Å²) in [6, 6.07) is 3.36. The monoisotopic (exact) mass is 580 g/mol. The van der Waals surface area contributed by atoms with Crippen LogP contribution in [-0.4, -0.2) is 40.2 Å². The standard InChI is InChI=1S/C25H19F7N8O/c1-12-21-15(5-6-33-12)35-22(13-9-18(24(27,28)29)36-19(10-13)25(30,31)32)40(21)39-8-7-38(23(39)41)17-4-3-16-14(20(17)26)11-34-37(16)2/h3-4,7-12,33H,5-6H2,1-2H3/t12-/m0/s1. The van der Waals surface area contributed by atoms with Crippen molar-refractivity contribution in [1.82, 2.24) is 39.0 Å². The van der Waals surface area contributed by atoms with Crippen molar-refractivity contribution in [2.45, 2.75) is 31.7 Å². The number of imidazole rings is 2. The zero-order valence-electron chi connectivity index (χ0n) is 21.2. The van der Waals surface area contributed by atoms with Gasteiger partial charge in [0.15, 0.2) is 11.6 Å². The van der Waals surface area contributed by atoms with Crippen molar-refractivity contribution in [1.29, 1.82) is 0 Å². The molecule has 0 radical (unpaired) electrons. The number of nitrogens with zero attached hydrogens (tertiary/aromatic N) is 7. The fourth-order valence-electron chi connectivity index (χ4n) is 5.02. The van der Waals surface area contributed by atoms with Gasteiger partial charge in [0.1, 0.15) is 11.4 Å². The van der Waals surface area contributed by atoms with Crippen LogP contribution in [0, 0.1) is 5.82 Å². The predicted molar refractivity (Wildman–Crippen MR) is 131 cm³/mol. The minimum absolute atomic E-state index is 0.126. The van der Waals surface area contributed by atoms with Crippen LogP contribution < -0.4 is 11.0 Å². The smallest absolute Gasteiger partial charge is 0.308 e. The molecule has 0 amide bonds. The molecule has 0 spiro atoms. The molecular formula is C25H19F7N8O. The lowest BCUT2D eigenvalue weighted by molar-refractivity contribution is -0.150. The van der Waals surface area contributed by atoms with Gasteiger partial charge < -0.3 is 5.32 Å². The molecule has 0 bridgehead atoms. The maximum Gasteiger partial charge on any atom is 0.433 e. The Morgan fingerprint density at radius 2 is 1.68 bits per heavy atom. The molecule has 4 aromatic heterocycles. The first-order chi connectivity index (χ1) is 19.3. The highest BCUT2D eigenvalue weighted by Crippen LogP contribution is 2.37. The average Bonchev–Trinajstić information content (AvgIpc) is 3.59. The van der Waals surface area contributed by atoms with E-state index in [0.29, 0.717) is 42.0 Å². The van der Waals surface area contributed by atoms with Gasteiger partial charge in [-0.15, -0.1) is 0 Å². The van der Waals surface area contributed by atoms with Crippen molar-refractivity contribution in [2.24, 2.45) is 7.05 Å². The summed E-state index contributed by atoms with van der Waals surface area (Å²) >= 11 is 0. The van der Waals surface area contributed by atoms with E-state index in [1.54, 1.807) is 20.0 Å². The number of benzene rings is 1. The molecule has 1 aliphatic heterocycles. The zero-order chi connectivity index (χ0) is 29.4. The van der Waals surface area contributed by atoms with E-state index in [-0.39, 0.29) is 16.9 Å². The van der Waals surface area contributed by atoms with E-state index < -0.39 is 46.9 Å². The van der Waals surface area contributed by atoms with Crippen LogP contribution in [0.1, 0.15) is 35.7 Å². The highest BCUT2D eigenvalue weighted by atomic mass is 19.4. The molecule has 0 fully saturated rings. The highest BCUT2D eigenvalue weighted by Gasteiger charge is 2.40. The molecule has 5 aromatic rings. The number of alkyl halides is 6. The van der Waals surface area contributed by atoms with Crippen LogP contribution in [0.5, 0.6) is 0 Å². The number of nitrogens with one attached hydrogen (secondary N) is 1. The second-order valence-electron chi connectivity index (χ2n) is 9.52. The first-order valence-corrected chi connectivity index (χ1v) is 12.2. The molecule has 0 saturated carbocycles. The van der Waals surface area contributed by atoms with E-state index in [0.717, 1.165) is 13.9 Å². The molecule has 0 saturated heterocycles. The number of hydrogen-bond acceptors (Lipinski definition) is 5. The summed E-state index contributed by atoms with van der Waals surface area (Å²) in [6.07, 6.45) is -6.30. The lowest BCUT2D eigenvalue weighted by Crippen LogP contribution is -2.34. The van der Waals surface area contributed by atoms with Crippen LogP contribution in [0.2, 0.25) is 0 Å². The number of rotatable bonds is 3. The van der Waals surface area contributed by atoms with Gasteiger partial charge >= 0.3 is 18.0 Å². The molecule has 1 aromatic carbocycles. The Morgan fingerprint density at radius 1 is 1.00 bits per heavy atom. The molecule has 9 nitrogen and oxygen atoms in total. The summed E-state index contributed by atoms with van der Waals surface area (Å²) in [5, 5.41) is 7.31. The SMILES string of the molecule is C[C@@H]1NCCc2nc(-c3cc(C(F)(F)F)nc(C(F)(F)F)c3)n(-n3ccn(-c4ccc5c(cnn5C)c4F)c3=O)c21.